The number of benzene rings is 1. The van der Waals surface area contributed by atoms with E-state index in [1.807, 2.05) is 0 Å². The lowest BCUT2D eigenvalue weighted by Crippen LogP contribution is -2.46. The molecule has 0 atom stereocenters. The van der Waals surface area contributed by atoms with Crippen LogP contribution in [0.2, 0.25) is 5.02 Å². The van der Waals surface area contributed by atoms with Crippen LogP contribution in [0.5, 0.6) is 5.75 Å². The molecular formula is C15H21ClN2O5S. The fourth-order valence-electron chi connectivity index (χ4n) is 2.86. The molecule has 9 heteroatoms. The third-order valence-electron chi connectivity index (χ3n) is 4.17. The molecule has 1 fully saturated rings. The van der Waals surface area contributed by atoms with E-state index in [4.69, 9.17) is 21.4 Å². The van der Waals surface area contributed by atoms with Crippen LogP contribution in [-0.4, -0.2) is 68.5 Å². The molecule has 1 saturated heterocycles. The monoisotopic (exact) mass is 376 g/mol. The number of aliphatic carboxylic acids is 1. The maximum Gasteiger partial charge on any atom is 0.317 e. The van der Waals surface area contributed by atoms with Crippen LogP contribution in [0, 0.1) is 0 Å². The first-order chi connectivity index (χ1) is 11.3. The van der Waals surface area contributed by atoms with Gasteiger partial charge >= 0.3 is 5.97 Å². The van der Waals surface area contributed by atoms with Gasteiger partial charge in [-0.1, -0.05) is 11.6 Å². The van der Waals surface area contributed by atoms with E-state index in [0.29, 0.717) is 31.0 Å². The lowest BCUT2D eigenvalue weighted by Gasteiger charge is -2.35. The molecule has 0 saturated carbocycles. The highest BCUT2D eigenvalue weighted by atomic mass is 35.5. The van der Waals surface area contributed by atoms with Gasteiger partial charge in [0.2, 0.25) is 10.0 Å². The number of methoxy groups -OCH3 is 1. The zero-order chi connectivity index (χ0) is 17.9. The molecule has 2 rings (SSSR count). The largest absolute Gasteiger partial charge is 0.495 e. The highest BCUT2D eigenvalue weighted by Gasteiger charge is 2.33. The van der Waals surface area contributed by atoms with E-state index >= 15 is 0 Å². The third-order valence-corrected chi connectivity index (χ3v) is 6.33. The first-order valence-corrected chi connectivity index (χ1v) is 9.33. The predicted molar refractivity (Wildman–Crippen MR) is 90.1 cm³/mol. The van der Waals surface area contributed by atoms with Crippen molar-refractivity contribution in [1.82, 2.24) is 9.21 Å². The maximum absolute atomic E-state index is 12.9. The molecule has 1 aliphatic rings. The summed E-state index contributed by atoms with van der Waals surface area (Å²) in [5.74, 6) is -0.638. The van der Waals surface area contributed by atoms with Gasteiger partial charge in [0.15, 0.2) is 0 Å². The molecule has 1 aromatic carbocycles. The molecule has 0 radical (unpaired) electrons. The quantitative estimate of drug-likeness (QED) is 0.809. The molecular weight excluding hydrogens is 356 g/mol. The van der Waals surface area contributed by atoms with Crippen LogP contribution in [0.3, 0.4) is 0 Å². The van der Waals surface area contributed by atoms with Gasteiger partial charge in [-0.2, -0.15) is 4.31 Å². The lowest BCUT2D eigenvalue weighted by atomic mass is 10.1. The minimum Gasteiger partial charge on any atom is -0.495 e. The summed E-state index contributed by atoms with van der Waals surface area (Å²) in [4.78, 5) is 12.6. The lowest BCUT2D eigenvalue weighted by molar-refractivity contribution is -0.138. The summed E-state index contributed by atoms with van der Waals surface area (Å²) >= 11 is 5.93. The molecule has 0 aromatic heterocycles. The van der Waals surface area contributed by atoms with E-state index in [1.165, 1.54) is 23.5 Å². The van der Waals surface area contributed by atoms with Crippen molar-refractivity contribution >= 4 is 27.6 Å². The number of ether oxygens (including phenoxy) is 1. The van der Waals surface area contributed by atoms with Gasteiger partial charge in [0.1, 0.15) is 10.6 Å². The van der Waals surface area contributed by atoms with Crippen LogP contribution >= 0.6 is 11.6 Å². The fraction of sp³-hybridized carbons (Fsp3) is 0.533. The van der Waals surface area contributed by atoms with Gasteiger partial charge < -0.3 is 9.84 Å². The van der Waals surface area contributed by atoms with Crippen molar-refractivity contribution in [2.45, 2.75) is 23.8 Å². The van der Waals surface area contributed by atoms with Gasteiger partial charge in [-0.05, 0) is 38.1 Å². The number of nitrogens with zero attached hydrogens (tertiary/aromatic N) is 2. The van der Waals surface area contributed by atoms with Crippen molar-refractivity contribution in [2.75, 3.05) is 33.8 Å². The second-order valence-electron chi connectivity index (χ2n) is 5.74. The molecule has 1 aliphatic heterocycles. The van der Waals surface area contributed by atoms with E-state index in [1.54, 1.807) is 18.0 Å². The molecule has 0 aliphatic carbocycles. The van der Waals surface area contributed by atoms with E-state index < -0.39 is 16.0 Å². The fourth-order valence-corrected chi connectivity index (χ4v) is 4.74. The number of rotatable bonds is 6. The summed E-state index contributed by atoms with van der Waals surface area (Å²) in [6, 6.07) is 4.54. The van der Waals surface area contributed by atoms with Crippen molar-refractivity contribution < 1.29 is 23.1 Å². The average Bonchev–Trinajstić information content (AvgIpc) is 2.54. The second kappa shape index (κ2) is 7.69. The number of hydrogen-bond donors (Lipinski definition) is 1. The molecule has 0 spiro atoms. The molecule has 0 amide bonds. The number of sulfonamides is 1. The summed E-state index contributed by atoms with van der Waals surface area (Å²) < 4.78 is 32.2. The summed E-state index contributed by atoms with van der Waals surface area (Å²) in [5, 5.41) is 9.18. The van der Waals surface area contributed by atoms with E-state index in [9.17, 15) is 13.2 Å². The topological polar surface area (TPSA) is 87.2 Å². The van der Waals surface area contributed by atoms with Gasteiger partial charge in [0, 0.05) is 24.2 Å². The van der Waals surface area contributed by atoms with Gasteiger partial charge in [-0.25, -0.2) is 8.42 Å². The van der Waals surface area contributed by atoms with Crippen LogP contribution in [0.25, 0.3) is 0 Å². The molecule has 7 nitrogen and oxygen atoms in total. The SMILES string of the molecule is COc1ccc(Cl)cc1S(=O)(=O)N1CCC(N(C)CC(=O)O)CC1. The normalized spacial score (nSPS) is 17.2. The second-order valence-corrected chi connectivity index (χ2v) is 8.08. The molecule has 24 heavy (non-hydrogen) atoms. The van der Waals surface area contributed by atoms with Gasteiger partial charge in [-0.3, -0.25) is 9.69 Å². The minimum absolute atomic E-state index is 0.0498. The first kappa shape index (κ1) is 19.0. The van der Waals surface area contributed by atoms with E-state index in [0.717, 1.165) is 0 Å². The molecule has 0 unspecified atom stereocenters. The van der Waals surface area contributed by atoms with Crippen molar-refractivity contribution in [3.63, 3.8) is 0 Å². The van der Waals surface area contributed by atoms with E-state index in [2.05, 4.69) is 0 Å². The van der Waals surface area contributed by atoms with Crippen LogP contribution < -0.4 is 4.74 Å². The van der Waals surface area contributed by atoms with Gasteiger partial charge in [0.05, 0.1) is 13.7 Å². The number of hydrogen-bond acceptors (Lipinski definition) is 5. The Morgan fingerprint density at radius 3 is 2.58 bits per heavy atom. The first-order valence-electron chi connectivity index (χ1n) is 7.51. The summed E-state index contributed by atoms with van der Waals surface area (Å²) in [7, 11) is -0.559. The zero-order valence-corrected chi connectivity index (χ0v) is 15.2. The maximum atomic E-state index is 12.9. The molecule has 1 heterocycles. The Kier molecular flexibility index (Phi) is 6.08. The Labute approximate surface area is 146 Å². The van der Waals surface area contributed by atoms with Crippen LogP contribution in [-0.2, 0) is 14.8 Å². The minimum atomic E-state index is -3.71. The standard InChI is InChI=1S/C15H21ClN2O5S/c1-17(10-15(19)20)12-5-7-18(8-6-12)24(21,22)14-9-11(16)3-4-13(14)23-2/h3-4,9,12H,5-8,10H2,1-2H3,(H,19,20). The van der Waals surface area contributed by atoms with E-state index in [-0.39, 0.29) is 23.2 Å². The smallest absolute Gasteiger partial charge is 0.317 e. The predicted octanol–water partition coefficient (Wildman–Crippen LogP) is 1.52. The molecule has 1 N–H and O–H groups in total. The Morgan fingerprint density at radius 2 is 2.04 bits per heavy atom. The zero-order valence-electron chi connectivity index (χ0n) is 13.6. The number of carbonyl (C=O) groups is 1. The Balaban J connectivity index is 2.13. The van der Waals surface area contributed by atoms with Crippen molar-refractivity contribution in [1.29, 1.82) is 0 Å². The number of carboxylic acid groups (broad SMARTS) is 1. The van der Waals surface area contributed by atoms with Gasteiger partial charge in [0.25, 0.3) is 0 Å². The highest BCUT2D eigenvalue weighted by Crippen LogP contribution is 2.31. The van der Waals surface area contributed by atoms with Gasteiger partial charge in [-0.15, -0.1) is 0 Å². The van der Waals surface area contributed by atoms with Crippen LogP contribution in [0.15, 0.2) is 23.1 Å². The summed E-state index contributed by atoms with van der Waals surface area (Å²) in [5.41, 5.74) is 0. The van der Waals surface area contributed by atoms with Crippen molar-refractivity contribution in [3.05, 3.63) is 23.2 Å². The third kappa shape index (κ3) is 4.18. The number of piperidine rings is 1. The molecule has 134 valence electrons. The van der Waals surface area contributed by atoms with Crippen molar-refractivity contribution in [2.24, 2.45) is 0 Å². The average molecular weight is 377 g/mol. The Morgan fingerprint density at radius 1 is 1.42 bits per heavy atom. The summed E-state index contributed by atoms with van der Waals surface area (Å²) in [6.07, 6.45) is 1.15. The highest BCUT2D eigenvalue weighted by molar-refractivity contribution is 7.89. The van der Waals surface area contributed by atoms with Crippen LogP contribution in [0.4, 0.5) is 0 Å². The Bertz CT molecular complexity index is 702. The number of halogens is 1. The Hall–Kier alpha value is -1.35. The number of carboxylic acids is 1. The molecule has 1 aromatic rings. The summed E-state index contributed by atoms with van der Waals surface area (Å²) in [6.45, 7) is 0.596. The number of likely N-dealkylation sites (N-methyl/N-ethyl adjacent to an activating group) is 1. The van der Waals surface area contributed by atoms with Crippen molar-refractivity contribution in [3.8, 4) is 5.75 Å². The molecule has 0 bridgehead atoms. The van der Waals surface area contributed by atoms with Crippen LogP contribution in [0.1, 0.15) is 12.8 Å².